The largest absolute Gasteiger partial charge is 0.481 e. The van der Waals surface area contributed by atoms with E-state index >= 15 is 0 Å². The van der Waals surface area contributed by atoms with E-state index in [4.69, 9.17) is 0 Å². The van der Waals surface area contributed by atoms with Crippen molar-refractivity contribution in [2.45, 2.75) is 62.6 Å². The smallest absolute Gasteiger partial charge is 0.308 e. The molecule has 7 nitrogen and oxygen atoms in total. The maximum absolute atomic E-state index is 14.5. The predicted molar refractivity (Wildman–Crippen MR) is 133 cm³/mol. The molecule has 0 aliphatic carbocycles. The minimum atomic E-state index is -0.978. The first-order valence-electron chi connectivity index (χ1n) is 11.9. The van der Waals surface area contributed by atoms with Gasteiger partial charge in [0.25, 0.3) is 5.91 Å². The first-order chi connectivity index (χ1) is 16.1. The number of rotatable bonds is 8. The number of para-hydroxylation sites is 1. The van der Waals surface area contributed by atoms with Gasteiger partial charge in [0.2, 0.25) is 5.91 Å². The third-order valence-corrected chi connectivity index (χ3v) is 9.81. The summed E-state index contributed by atoms with van der Waals surface area (Å²) in [5.41, 5.74) is 2.67. The molecular formula is C26H34N2O5S. The van der Waals surface area contributed by atoms with E-state index in [1.165, 1.54) is 11.8 Å². The van der Waals surface area contributed by atoms with E-state index in [1.807, 2.05) is 45.9 Å². The van der Waals surface area contributed by atoms with Gasteiger partial charge in [0.15, 0.2) is 0 Å². The Morgan fingerprint density at radius 3 is 2.50 bits per heavy atom. The highest BCUT2D eigenvalue weighted by Crippen LogP contribution is 2.67. The van der Waals surface area contributed by atoms with Crippen LogP contribution in [0, 0.1) is 31.6 Å². The molecule has 3 saturated heterocycles. The van der Waals surface area contributed by atoms with Gasteiger partial charge in [-0.2, -0.15) is 0 Å². The molecule has 2 bridgehead atoms. The van der Waals surface area contributed by atoms with Gasteiger partial charge in [-0.1, -0.05) is 38.1 Å². The Bertz CT molecular complexity index is 1010. The topological polar surface area (TPSA) is 98.2 Å². The molecule has 0 aromatic heterocycles. The van der Waals surface area contributed by atoms with Crippen molar-refractivity contribution in [1.29, 1.82) is 0 Å². The number of fused-ring (bicyclic) bond motifs is 1. The standard InChI is InChI=1S/C26H34N2O5S/c1-6-12-27(21-15(4)8-7-9-16(21)5)24(31)22-26-11-10-18(34-26)19(25(32)33)20(26)23(30)28(22)17(13-29)14(2)3/h6-9,14,17-20,22,29H,1,10-13H2,2-5H3,(H,32,33)/t17-,18-,19+,20-,22?,26?/m0/s1. The van der Waals surface area contributed by atoms with Crippen molar-refractivity contribution in [3.63, 3.8) is 0 Å². The Labute approximate surface area is 205 Å². The molecule has 3 aliphatic heterocycles. The van der Waals surface area contributed by atoms with Crippen LogP contribution < -0.4 is 4.90 Å². The van der Waals surface area contributed by atoms with Crippen LogP contribution in [0.4, 0.5) is 5.69 Å². The minimum absolute atomic E-state index is 0.0991. The average molecular weight is 487 g/mol. The Hall–Kier alpha value is -2.32. The van der Waals surface area contributed by atoms with Gasteiger partial charge in [-0.25, -0.2) is 0 Å². The number of hydrogen-bond donors (Lipinski definition) is 2. The lowest BCUT2D eigenvalue weighted by Gasteiger charge is -2.41. The van der Waals surface area contributed by atoms with Crippen molar-refractivity contribution < 1.29 is 24.6 Å². The highest BCUT2D eigenvalue weighted by molar-refractivity contribution is 8.02. The van der Waals surface area contributed by atoms with Gasteiger partial charge in [0.05, 0.1) is 29.2 Å². The second kappa shape index (κ2) is 9.04. The molecule has 3 aliphatic rings. The molecule has 2 unspecified atom stereocenters. The number of amides is 2. The second-order valence-corrected chi connectivity index (χ2v) is 11.7. The number of aliphatic carboxylic acids is 1. The fourth-order valence-corrected chi connectivity index (χ4v) is 8.62. The Kier molecular flexibility index (Phi) is 6.59. The van der Waals surface area contributed by atoms with Crippen LogP contribution in [0.15, 0.2) is 30.9 Å². The zero-order valence-corrected chi connectivity index (χ0v) is 21.0. The summed E-state index contributed by atoms with van der Waals surface area (Å²) >= 11 is 1.51. The van der Waals surface area contributed by atoms with Gasteiger partial charge in [-0.15, -0.1) is 18.3 Å². The summed E-state index contributed by atoms with van der Waals surface area (Å²) in [4.78, 5) is 43.9. The van der Waals surface area contributed by atoms with Gasteiger partial charge < -0.3 is 20.0 Å². The second-order valence-electron chi connectivity index (χ2n) is 10.1. The van der Waals surface area contributed by atoms with E-state index in [9.17, 15) is 24.6 Å². The number of aliphatic hydroxyl groups is 1. The Morgan fingerprint density at radius 1 is 1.32 bits per heavy atom. The summed E-state index contributed by atoms with van der Waals surface area (Å²) in [6.07, 6.45) is 2.95. The van der Waals surface area contributed by atoms with E-state index < -0.39 is 34.6 Å². The summed E-state index contributed by atoms with van der Waals surface area (Å²) in [6.45, 7) is 11.6. The number of benzene rings is 1. The van der Waals surface area contributed by atoms with Crippen molar-refractivity contribution in [3.8, 4) is 0 Å². The molecule has 0 radical (unpaired) electrons. The first-order valence-corrected chi connectivity index (χ1v) is 12.8. The van der Waals surface area contributed by atoms with Crippen LogP contribution in [-0.4, -0.2) is 68.1 Å². The van der Waals surface area contributed by atoms with Crippen LogP contribution >= 0.6 is 11.8 Å². The van der Waals surface area contributed by atoms with Crippen molar-refractivity contribution >= 4 is 35.2 Å². The van der Waals surface area contributed by atoms with Gasteiger partial charge >= 0.3 is 5.97 Å². The number of aryl methyl sites for hydroxylation is 2. The molecule has 1 spiro atoms. The number of nitrogens with zero attached hydrogens (tertiary/aromatic N) is 2. The number of anilines is 1. The third-order valence-electron chi connectivity index (χ3n) is 7.86. The van der Waals surface area contributed by atoms with Gasteiger partial charge in [0, 0.05) is 17.5 Å². The summed E-state index contributed by atoms with van der Waals surface area (Å²) < 4.78 is -0.805. The van der Waals surface area contributed by atoms with E-state index in [-0.39, 0.29) is 36.1 Å². The fraction of sp³-hybridized carbons (Fsp3) is 0.577. The minimum Gasteiger partial charge on any atom is -0.481 e. The quantitative estimate of drug-likeness (QED) is 0.548. The number of hydrogen-bond acceptors (Lipinski definition) is 5. The van der Waals surface area contributed by atoms with Crippen molar-refractivity contribution in [2.75, 3.05) is 18.1 Å². The maximum Gasteiger partial charge on any atom is 0.308 e. The molecular weight excluding hydrogens is 452 g/mol. The Morgan fingerprint density at radius 2 is 1.97 bits per heavy atom. The van der Waals surface area contributed by atoms with Crippen molar-refractivity contribution in [2.24, 2.45) is 17.8 Å². The molecule has 184 valence electrons. The predicted octanol–water partition coefficient (Wildman–Crippen LogP) is 3.02. The van der Waals surface area contributed by atoms with Gasteiger partial charge in [0.1, 0.15) is 6.04 Å². The number of carboxylic acid groups (broad SMARTS) is 1. The molecule has 2 N–H and O–H groups in total. The summed E-state index contributed by atoms with van der Waals surface area (Å²) in [5.74, 6) is -3.20. The van der Waals surface area contributed by atoms with Crippen LogP contribution in [0.3, 0.4) is 0 Å². The van der Waals surface area contributed by atoms with E-state index in [2.05, 4.69) is 6.58 Å². The van der Waals surface area contributed by atoms with Crippen LogP contribution in [0.2, 0.25) is 0 Å². The summed E-state index contributed by atoms with van der Waals surface area (Å²) in [7, 11) is 0. The SMILES string of the molecule is C=CCN(C(=O)C1N([C@@H](CO)C(C)C)C(=O)[C@@H]2[C@H](C(=O)O)[C@@H]3CCC12S3)c1c(C)cccc1C. The van der Waals surface area contributed by atoms with Gasteiger partial charge in [-0.05, 0) is 43.7 Å². The zero-order valence-electron chi connectivity index (χ0n) is 20.2. The molecule has 0 saturated carbocycles. The molecule has 1 aromatic carbocycles. The van der Waals surface area contributed by atoms with Gasteiger partial charge in [-0.3, -0.25) is 14.4 Å². The highest BCUT2D eigenvalue weighted by atomic mass is 32.2. The van der Waals surface area contributed by atoms with Crippen molar-refractivity contribution in [1.82, 2.24) is 4.90 Å². The molecule has 34 heavy (non-hydrogen) atoms. The number of carbonyl (C=O) groups excluding carboxylic acids is 2. The highest BCUT2D eigenvalue weighted by Gasteiger charge is 2.74. The van der Waals surface area contributed by atoms with E-state index in [0.717, 1.165) is 16.8 Å². The number of carboxylic acids is 1. The maximum atomic E-state index is 14.5. The number of carbonyl (C=O) groups is 3. The number of aliphatic hydroxyl groups excluding tert-OH is 1. The van der Waals surface area contributed by atoms with Crippen LogP contribution in [0.1, 0.15) is 37.8 Å². The van der Waals surface area contributed by atoms with Crippen LogP contribution in [0.5, 0.6) is 0 Å². The molecule has 4 rings (SSSR count). The summed E-state index contributed by atoms with van der Waals surface area (Å²) in [5, 5.41) is 20.1. The average Bonchev–Trinajstić information content (AvgIpc) is 3.41. The molecule has 1 aromatic rings. The van der Waals surface area contributed by atoms with Crippen molar-refractivity contribution in [3.05, 3.63) is 42.0 Å². The van der Waals surface area contributed by atoms with Crippen LogP contribution in [0.25, 0.3) is 0 Å². The third kappa shape index (κ3) is 3.49. The summed E-state index contributed by atoms with van der Waals surface area (Å²) in [6, 6.07) is 4.43. The fourth-order valence-electron chi connectivity index (χ4n) is 6.43. The zero-order chi connectivity index (χ0) is 24.9. The lowest BCUT2D eigenvalue weighted by Crippen LogP contribution is -2.58. The first kappa shape index (κ1) is 24.8. The monoisotopic (exact) mass is 486 g/mol. The van der Waals surface area contributed by atoms with Crippen LogP contribution in [-0.2, 0) is 14.4 Å². The number of thioether (sulfide) groups is 1. The van der Waals surface area contributed by atoms with E-state index in [1.54, 1.807) is 15.9 Å². The lowest BCUT2D eigenvalue weighted by molar-refractivity contribution is -0.149. The van der Waals surface area contributed by atoms with E-state index in [0.29, 0.717) is 12.8 Å². The molecule has 3 fully saturated rings. The molecule has 2 amide bonds. The Balaban J connectivity index is 1.88. The number of likely N-dealkylation sites (tertiary alicyclic amines) is 1. The molecule has 6 atom stereocenters. The normalized spacial score (nSPS) is 30.5. The lowest BCUT2D eigenvalue weighted by atomic mass is 9.71. The molecule has 8 heteroatoms. The molecule has 3 heterocycles.